The second-order valence-corrected chi connectivity index (χ2v) is 7.88. The van der Waals surface area contributed by atoms with Crippen molar-refractivity contribution in [2.24, 2.45) is 5.41 Å². The number of aryl methyl sites for hydroxylation is 1. The molecule has 2 heterocycles. The zero-order valence-corrected chi connectivity index (χ0v) is 15.4. The van der Waals surface area contributed by atoms with Crippen LogP contribution in [-0.2, 0) is 4.79 Å². The minimum atomic E-state index is -2.66. The fourth-order valence-electron chi connectivity index (χ4n) is 4.05. The zero-order valence-electron chi connectivity index (χ0n) is 15.4. The van der Waals surface area contributed by atoms with Gasteiger partial charge in [0, 0.05) is 30.4 Å². The summed E-state index contributed by atoms with van der Waals surface area (Å²) in [4.78, 5) is 29.9. The van der Waals surface area contributed by atoms with Gasteiger partial charge in [0.25, 0.3) is 11.8 Å². The Bertz CT molecular complexity index is 923. The average molecular weight is 375 g/mol. The summed E-state index contributed by atoms with van der Waals surface area (Å²) in [5, 5.41) is 3.68. The SMILES string of the molecule is CC[C@H](NC(=O)c1cc2cc(C)ccc2[nH]1)C(=O)N1CC[C@@]2(C1)CC2(F)F. The summed E-state index contributed by atoms with van der Waals surface area (Å²) >= 11 is 0. The third kappa shape index (κ3) is 2.99. The molecule has 2 aliphatic rings. The number of carbonyl (C=O) groups excluding carboxylic acids is 2. The molecule has 0 bridgehead atoms. The lowest BCUT2D eigenvalue weighted by Gasteiger charge is -2.23. The first kappa shape index (κ1) is 17.9. The van der Waals surface area contributed by atoms with Crippen LogP contribution >= 0.6 is 0 Å². The normalized spacial score (nSPS) is 24.4. The summed E-state index contributed by atoms with van der Waals surface area (Å²) in [5.41, 5.74) is 1.30. The fraction of sp³-hybridized carbons (Fsp3) is 0.500. The van der Waals surface area contributed by atoms with Crippen LogP contribution in [0.3, 0.4) is 0 Å². The molecule has 1 aliphatic heterocycles. The number of likely N-dealkylation sites (tertiary alicyclic amines) is 1. The van der Waals surface area contributed by atoms with Gasteiger partial charge in [-0.3, -0.25) is 9.59 Å². The predicted octanol–water partition coefficient (Wildman–Crippen LogP) is 3.24. The van der Waals surface area contributed by atoms with E-state index in [0.717, 1.165) is 16.5 Å². The number of halogens is 2. The van der Waals surface area contributed by atoms with Crippen molar-refractivity contribution in [1.29, 1.82) is 0 Å². The Morgan fingerprint density at radius 2 is 2.07 bits per heavy atom. The van der Waals surface area contributed by atoms with Gasteiger partial charge in [0.2, 0.25) is 5.91 Å². The molecule has 2 fully saturated rings. The Morgan fingerprint density at radius 3 is 2.70 bits per heavy atom. The van der Waals surface area contributed by atoms with Gasteiger partial charge in [0.1, 0.15) is 11.7 Å². The molecule has 5 nitrogen and oxygen atoms in total. The predicted molar refractivity (Wildman–Crippen MR) is 97.8 cm³/mol. The van der Waals surface area contributed by atoms with Crippen LogP contribution in [0.4, 0.5) is 8.78 Å². The highest BCUT2D eigenvalue weighted by Gasteiger charge is 2.73. The van der Waals surface area contributed by atoms with E-state index in [-0.39, 0.29) is 24.8 Å². The summed E-state index contributed by atoms with van der Waals surface area (Å²) in [6.45, 7) is 4.18. The van der Waals surface area contributed by atoms with E-state index in [4.69, 9.17) is 0 Å². The Morgan fingerprint density at radius 1 is 1.33 bits per heavy atom. The second kappa shape index (κ2) is 6.04. The van der Waals surface area contributed by atoms with Crippen molar-refractivity contribution in [1.82, 2.24) is 15.2 Å². The van der Waals surface area contributed by atoms with Crippen molar-refractivity contribution in [3.8, 4) is 0 Å². The molecule has 0 radical (unpaired) electrons. The molecule has 2 atom stereocenters. The third-order valence-electron chi connectivity index (χ3n) is 5.91. The van der Waals surface area contributed by atoms with E-state index in [1.54, 1.807) is 13.0 Å². The van der Waals surface area contributed by atoms with Crippen LogP contribution in [0.5, 0.6) is 0 Å². The highest BCUT2D eigenvalue weighted by molar-refractivity contribution is 6.00. The van der Waals surface area contributed by atoms with Gasteiger partial charge < -0.3 is 15.2 Å². The zero-order chi connectivity index (χ0) is 19.4. The summed E-state index contributed by atoms with van der Waals surface area (Å²) in [6, 6.07) is 6.88. The maximum atomic E-state index is 13.6. The number of nitrogens with one attached hydrogen (secondary N) is 2. The quantitative estimate of drug-likeness (QED) is 0.862. The molecule has 1 aromatic heterocycles. The molecule has 1 saturated heterocycles. The number of aromatic nitrogens is 1. The number of rotatable bonds is 4. The molecular formula is C20H23F2N3O2. The molecular weight excluding hydrogens is 352 g/mol. The first-order valence-corrected chi connectivity index (χ1v) is 9.31. The van der Waals surface area contributed by atoms with Gasteiger partial charge in [-0.1, -0.05) is 18.6 Å². The average Bonchev–Trinajstić information content (AvgIpc) is 3.01. The van der Waals surface area contributed by atoms with Crippen LogP contribution in [0.15, 0.2) is 24.3 Å². The van der Waals surface area contributed by atoms with Gasteiger partial charge in [-0.05, 0) is 38.0 Å². The number of benzene rings is 1. The van der Waals surface area contributed by atoms with Crippen LogP contribution in [0.1, 0.15) is 42.2 Å². The van der Waals surface area contributed by atoms with Crippen molar-refractivity contribution < 1.29 is 18.4 Å². The molecule has 2 aromatic rings. The first-order chi connectivity index (χ1) is 12.7. The molecule has 1 aromatic carbocycles. The number of hydrogen-bond acceptors (Lipinski definition) is 2. The molecule has 0 unspecified atom stereocenters. The van der Waals surface area contributed by atoms with Gasteiger partial charge in [-0.2, -0.15) is 0 Å². The Kier molecular flexibility index (Phi) is 4.01. The number of aromatic amines is 1. The number of H-pyrrole nitrogens is 1. The molecule has 4 rings (SSSR count). The van der Waals surface area contributed by atoms with Crippen LogP contribution in [0.25, 0.3) is 10.9 Å². The van der Waals surface area contributed by atoms with Gasteiger partial charge in [0.15, 0.2) is 0 Å². The number of carbonyl (C=O) groups is 2. The molecule has 144 valence electrons. The minimum Gasteiger partial charge on any atom is -0.351 e. The molecule has 27 heavy (non-hydrogen) atoms. The van der Waals surface area contributed by atoms with Gasteiger partial charge in [0.05, 0.1) is 5.41 Å². The molecule has 2 amide bonds. The van der Waals surface area contributed by atoms with E-state index >= 15 is 0 Å². The molecule has 7 heteroatoms. The van der Waals surface area contributed by atoms with Crippen LogP contribution in [0, 0.1) is 12.3 Å². The van der Waals surface area contributed by atoms with Gasteiger partial charge in [-0.15, -0.1) is 0 Å². The Labute approximate surface area is 156 Å². The van der Waals surface area contributed by atoms with Crippen LogP contribution in [0.2, 0.25) is 0 Å². The number of fused-ring (bicyclic) bond motifs is 1. The van der Waals surface area contributed by atoms with E-state index in [1.165, 1.54) is 4.90 Å². The molecule has 1 saturated carbocycles. The van der Waals surface area contributed by atoms with E-state index in [1.807, 2.05) is 25.1 Å². The fourth-order valence-corrected chi connectivity index (χ4v) is 4.05. The van der Waals surface area contributed by atoms with Crippen LogP contribution < -0.4 is 5.32 Å². The third-order valence-corrected chi connectivity index (χ3v) is 5.91. The van der Waals surface area contributed by atoms with E-state index < -0.39 is 17.4 Å². The summed E-state index contributed by atoms with van der Waals surface area (Å²) < 4.78 is 27.1. The van der Waals surface area contributed by atoms with Crippen molar-refractivity contribution in [2.75, 3.05) is 13.1 Å². The molecule has 1 aliphatic carbocycles. The maximum absolute atomic E-state index is 13.6. The van der Waals surface area contributed by atoms with Gasteiger partial charge in [-0.25, -0.2) is 8.78 Å². The van der Waals surface area contributed by atoms with Crippen molar-refractivity contribution in [3.63, 3.8) is 0 Å². The second-order valence-electron chi connectivity index (χ2n) is 7.88. The Hall–Kier alpha value is -2.44. The summed E-state index contributed by atoms with van der Waals surface area (Å²) in [6.07, 6.45) is 0.600. The number of amides is 2. The summed E-state index contributed by atoms with van der Waals surface area (Å²) in [5.74, 6) is -3.30. The lowest BCUT2D eigenvalue weighted by molar-refractivity contribution is -0.132. The maximum Gasteiger partial charge on any atom is 0.268 e. The smallest absolute Gasteiger partial charge is 0.268 e. The Balaban J connectivity index is 1.45. The highest BCUT2D eigenvalue weighted by Crippen LogP contribution is 2.65. The molecule has 2 N–H and O–H groups in total. The largest absolute Gasteiger partial charge is 0.351 e. The first-order valence-electron chi connectivity index (χ1n) is 9.31. The summed E-state index contributed by atoms with van der Waals surface area (Å²) in [7, 11) is 0. The minimum absolute atomic E-state index is 0.0802. The topological polar surface area (TPSA) is 65.2 Å². The van der Waals surface area contributed by atoms with Crippen molar-refractivity contribution in [3.05, 3.63) is 35.5 Å². The standard InChI is InChI=1S/C20H23F2N3O2/c1-3-14(18(27)25-7-6-19(11-25)10-20(19,21)22)24-17(26)16-9-13-8-12(2)4-5-15(13)23-16/h4-5,8-9,14,23H,3,6-7,10-11H2,1-2H3,(H,24,26)/t14-,19-/m0/s1. The number of hydrogen-bond donors (Lipinski definition) is 2. The van der Waals surface area contributed by atoms with E-state index in [0.29, 0.717) is 25.1 Å². The van der Waals surface area contributed by atoms with E-state index in [2.05, 4.69) is 10.3 Å². The van der Waals surface area contributed by atoms with Crippen molar-refractivity contribution in [2.45, 2.75) is 45.1 Å². The van der Waals surface area contributed by atoms with Crippen LogP contribution in [-0.4, -0.2) is 46.8 Å². The van der Waals surface area contributed by atoms with E-state index in [9.17, 15) is 18.4 Å². The lowest BCUT2D eigenvalue weighted by Crippen LogP contribution is -2.47. The van der Waals surface area contributed by atoms with Gasteiger partial charge >= 0.3 is 0 Å². The molecule has 1 spiro atoms. The number of alkyl halides is 2. The highest BCUT2D eigenvalue weighted by atomic mass is 19.3. The lowest BCUT2D eigenvalue weighted by atomic mass is 10.1. The number of nitrogens with zero attached hydrogens (tertiary/aromatic N) is 1. The van der Waals surface area contributed by atoms with Crippen molar-refractivity contribution >= 4 is 22.7 Å². The monoisotopic (exact) mass is 375 g/mol.